The van der Waals surface area contributed by atoms with Crippen molar-refractivity contribution in [1.82, 2.24) is 0 Å². The molecule has 0 saturated carbocycles. The highest BCUT2D eigenvalue weighted by Gasteiger charge is 2.13. The van der Waals surface area contributed by atoms with E-state index in [0.717, 1.165) is 12.1 Å². The fourth-order valence-corrected chi connectivity index (χ4v) is 1.79. The molecule has 0 aliphatic heterocycles. The maximum absolute atomic E-state index is 11.5. The average molecular weight is 270 g/mol. The molecule has 0 aliphatic rings. The van der Waals surface area contributed by atoms with Crippen molar-refractivity contribution in [1.29, 1.82) is 0 Å². The summed E-state index contributed by atoms with van der Waals surface area (Å²) in [7, 11) is 1.37. The van der Waals surface area contributed by atoms with Gasteiger partial charge in [0.25, 0.3) is 0 Å². The van der Waals surface area contributed by atoms with E-state index >= 15 is 0 Å². The number of methoxy groups -OCH3 is 1. The lowest BCUT2D eigenvalue weighted by Crippen LogP contribution is -2.23. The number of halogens is 1. The highest BCUT2D eigenvalue weighted by molar-refractivity contribution is 6.33. The molecule has 1 aromatic carbocycles. The fourth-order valence-electron chi connectivity index (χ4n) is 1.62. The van der Waals surface area contributed by atoms with Crippen LogP contribution < -0.4 is 5.32 Å². The second-order valence-electron chi connectivity index (χ2n) is 4.50. The number of hydrogen-bond acceptors (Lipinski definition) is 3. The Balaban J connectivity index is 2.91. The number of hydrogen-bond donors (Lipinski definition) is 1. The number of carbonyl (C=O) groups is 1. The molecule has 3 nitrogen and oxygen atoms in total. The van der Waals surface area contributed by atoms with E-state index in [1.54, 1.807) is 18.2 Å². The molecule has 0 fully saturated rings. The zero-order valence-corrected chi connectivity index (χ0v) is 12.0. The summed E-state index contributed by atoms with van der Waals surface area (Å²) in [5.74, 6) is 0.175. The van der Waals surface area contributed by atoms with E-state index in [2.05, 4.69) is 26.1 Å². The molecule has 2 atom stereocenters. The number of nitrogens with one attached hydrogen (secondary N) is 1. The second kappa shape index (κ2) is 6.64. The monoisotopic (exact) mass is 269 g/mol. The van der Waals surface area contributed by atoms with Crippen molar-refractivity contribution in [3.8, 4) is 0 Å². The lowest BCUT2D eigenvalue weighted by Gasteiger charge is -2.22. The lowest BCUT2D eigenvalue weighted by atomic mass is 10.0. The van der Waals surface area contributed by atoms with E-state index in [4.69, 9.17) is 16.3 Å². The maximum atomic E-state index is 11.5. The summed E-state index contributed by atoms with van der Waals surface area (Å²) in [4.78, 5) is 11.5. The minimum absolute atomic E-state index is 0.292. The number of anilines is 1. The minimum Gasteiger partial charge on any atom is -0.465 e. The third-order valence-corrected chi connectivity index (χ3v) is 3.60. The molecule has 0 bridgehead atoms. The molecule has 0 aliphatic carbocycles. The molecular formula is C14H20ClNO2. The Hall–Kier alpha value is -1.22. The highest BCUT2D eigenvalue weighted by atomic mass is 35.5. The van der Waals surface area contributed by atoms with Crippen LogP contribution in [0, 0.1) is 5.92 Å². The van der Waals surface area contributed by atoms with Crippen LogP contribution in [-0.4, -0.2) is 19.1 Å². The molecule has 0 radical (unpaired) electrons. The molecule has 1 aromatic rings. The van der Waals surface area contributed by atoms with Crippen molar-refractivity contribution >= 4 is 23.3 Å². The zero-order chi connectivity index (χ0) is 13.7. The van der Waals surface area contributed by atoms with Crippen LogP contribution in [-0.2, 0) is 4.74 Å². The van der Waals surface area contributed by atoms with Gasteiger partial charge in [-0.1, -0.05) is 31.9 Å². The van der Waals surface area contributed by atoms with Crippen LogP contribution >= 0.6 is 11.6 Å². The van der Waals surface area contributed by atoms with Crippen LogP contribution in [0.15, 0.2) is 18.2 Å². The molecule has 0 amide bonds. The molecule has 4 heteroatoms. The van der Waals surface area contributed by atoms with Gasteiger partial charge in [0.2, 0.25) is 0 Å². The predicted octanol–water partition coefficient (Wildman–Crippen LogP) is 3.97. The van der Waals surface area contributed by atoms with E-state index in [1.807, 2.05) is 0 Å². The van der Waals surface area contributed by atoms with Gasteiger partial charge in [-0.2, -0.15) is 0 Å². The smallest absolute Gasteiger partial charge is 0.337 e. The van der Waals surface area contributed by atoms with Gasteiger partial charge in [-0.15, -0.1) is 0 Å². The van der Waals surface area contributed by atoms with Crippen molar-refractivity contribution in [2.24, 2.45) is 5.92 Å². The SMILES string of the molecule is CCC(C)C(C)Nc1cc(C(=O)OC)ccc1Cl. The van der Waals surface area contributed by atoms with Crippen molar-refractivity contribution in [3.05, 3.63) is 28.8 Å². The molecule has 100 valence electrons. The molecule has 0 spiro atoms. The van der Waals surface area contributed by atoms with Crippen LogP contribution in [0.2, 0.25) is 5.02 Å². The zero-order valence-electron chi connectivity index (χ0n) is 11.3. The molecule has 2 unspecified atom stereocenters. The molecular weight excluding hydrogens is 250 g/mol. The summed E-state index contributed by atoms with van der Waals surface area (Å²) in [6.07, 6.45) is 1.09. The van der Waals surface area contributed by atoms with Crippen molar-refractivity contribution < 1.29 is 9.53 Å². The largest absolute Gasteiger partial charge is 0.465 e. The Labute approximate surface area is 113 Å². The number of benzene rings is 1. The number of ether oxygens (including phenoxy) is 1. The molecule has 0 saturated heterocycles. The minimum atomic E-state index is -0.356. The first-order chi connectivity index (χ1) is 8.49. The molecule has 1 N–H and O–H groups in total. The van der Waals surface area contributed by atoms with Crippen LogP contribution in [0.3, 0.4) is 0 Å². The first-order valence-corrected chi connectivity index (χ1v) is 6.51. The molecule has 1 rings (SSSR count). The van der Waals surface area contributed by atoms with Crippen LogP contribution in [0.25, 0.3) is 0 Å². The summed E-state index contributed by atoms with van der Waals surface area (Å²) in [5.41, 5.74) is 1.27. The van der Waals surface area contributed by atoms with Gasteiger partial charge >= 0.3 is 5.97 Å². The fraction of sp³-hybridized carbons (Fsp3) is 0.500. The second-order valence-corrected chi connectivity index (χ2v) is 4.91. The van der Waals surface area contributed by atoms with Crippen LogP contribution in [0.5, 0.6) is 0 Å². The third kappa shape index (κ3) is 3.64. The van der Waals surface area contributed by atoms with Gasteiger partial charge in [-0.25, -0.2) is 4.79 Å². The summed E-state index contributed by atoms with van der Waals surface area (Å²) in [5, 5.41) is 3.95. The van der Waals surface area contributed by atoms with Gasteiger partial charge < -0.3 is 10.1 Å². The Bertz CT molecular complexity index is 420. The van der Waals surface area contributed by atoms with Crippen molar-refractivity contribution in [3.63, 3.8) is 0 Å². The van der Waals surface area contributed by atoms with Crippen LogP contribution in [0.4, 0.5) is 5.69 Å². The molecule has 18 heavy (non-hydrogen) atoms. The number of rotatable bonds is 5. The normalized spacial score (nSPS) is 13.8. The Morgan fingerprint density at radius 2 is 2.11 bits per heavy atom. The lowest BCUT2D eigenvalue weighted by molar-refractivity contribution is 0.0601. The van der Waals surface area contributed by atoms with E-state index < -0.39 is 0 Å². The standard InChI is InChI=1S/C14H20ClNO2/c1-5-9(2)10(3)16-13-8-11(14(17)18-4)6-7-12(13)15/h6-10,16H,5H2,1-4H3. The van der Waals surface area contributed by atoms with Gasteiger partial charge in [0.1, 0.15) is 0 Å². The number of esters is 1. The maximum Gasteiger partial charge on any atom is 0.337 e. The van der Waals surface area contributed by atoms with E-state index in [0.29, 0.717) is 22.5 Å². The Morgan fingerprint density at radius 3 is 2.67 bits per heavy atom. The first-order valence-electron chi connectivity index (χ1n) is 6.14. The summed E-state index contributed by atoms with van der Waals surface area (Å²) < 4.78 is 4.69. The third-order valence-electron chi connectivity index (χ3n) is 3.27. The Kier molecular flexibility index (Phi) is 5.48. The van der Waals surface area contributed by atoms with Gasteiger partial charge in [0.15, 0.2) is 0 Å². The highest BCUT2D eigenvalue weighted by Crippen LogP contribution is 2.25. The molecule has 0 aromatic heterocycles. The number of carbonyl (C=O) groups excluding carboxylic acids is 1. The van der Waals surface area contributed by atoms with Crippen LogP contribution in [0.1, 0.15) is 37.6 Å². The van der Waals surface area contributed by atoms with Gasteiger partial charge in [0, 0.05) is 6.04 Å². The molecule has 0 heterocycles. The van der Waals surface area contributed by atoms with Gasteiger partial charge in [-0.05, 0) is 31.0 Å². The quantitative estimate of drug-likeness (QED) is 0.822. The van der Waals surface area contributed by atoms with E-state index in [9.17, 15) is 4.79 Å². The predicted molar refractivity (Wildman–Crippen MR) is 75.3 cm³/mol. The topological polar surface area (TPSA) is 38.3 Å². The average Bonchev–Trinajstić information content (AvgIpc) is 2.39. The van der Waals surface area contributed by atoms with E-state index in [-0.39, 0.29) is 5.97 Å². The summed E-state index contributed by atoms with van der Waals surface area (Å²) in [6.45, 7) is 6.43. The first kappa shape index (κ1) is 14.8. The summed E-state index contributed by atoms with van der Waals surface area (Å²) in [6, 6.07) is 5.39. The Morgan fingerprint density at radius 1 is 1.44 bits per heavy atom. The van der Waals surface area contributed by atoms with E-state index in [1.165, 1.54) is 7.11 Å². The van der Waals surface area contributed by atoms with Crippen molar-refractivity contribution in [2.45, 2.75) is 33.2 Å². The van der Waals surface area contributed by atoms with Gasteiger partial charge in [-0.3, -0.25) is 0 Å². The van der Waals surface area contributed by atoms with Crippen molar-refractivity contribution in [2.75, 3.05) is 12.4 Å². The van der Waals surface area contributed by atoms with Gasteiger partial charge in [0.05, 0.1) is 23.4 Å². The summed E-state index contributed by atoms with van der Waals surface area (Å²) >= 11 is 6.12.